The minimum atomic E-state index is -0.803. The molecule has 0 fully saturated rings. The summed E-state index contributed by atoms with van der Waals surface area (Å²) < 4.78 is 14.9. The highest BCUT2D eigenvalue weighted by Crippen LogP contribution is 2.44. The van der Waals surface area contributed by atoms with Gasteiger partial charge in [0.2, 0.25) is 0 Å². The average Bonchev–Trinajstić information content (AvgIpc) is 2.62. The summed E-state index contributed by atoms with van der Waals surface area (Å²) in [5.41, 5.74) is 2.03. The number of ether oxygens (including phenoxy) is 3. The number of allylic oxidation sites excluding steroid dienone is 2. The van der Waals surface area contributed by atoms with E-state index in [-0.39, 0.29) is 27.7 Å². The summed E-state index contributed by atoms with van der Waals surface area (Å²) >= 11 is 6.10. The number of esters is 2. The van der Waals surface area contributed by atoms with Crippen molar-refractivity contribution in [2.75, 3.05) is 21.3 Å². The molecule has 0 radical (unpaired) electrons. The summed E-state index contributed by atoms with van der Waals surface area (Å²) in [6.07, 6.45) is 0. The lowest BCUT2D eigenvalue weighted by atomic mass is 9.80. The van der Waals surface area contributed by atoms with Gasteiger partial charge in [-0.25, -0.2) is 9.59 Å². The van der Waals surface area contributed by atoms with Crippen LogP contribution in [0.1, 0.15) is 25.3 Å². The van der Waals surface area contributed by atoms with Crippen LogP contribution in [0.25, 0.3) is 0 Å². The van der Waals surface area contributed by atoms with E-state index >= 15 is 0 Å². The lowest BCUT2D eigenvalue weighted by molar-refractivity contribution is -0.137. The Morgan fingerprint density at radius 2 is 1.54 bits per heavy atom. The van der Waals surface area contributed by atoms with E-state index in [0.29, 0.717) is 17.0 Å². The van der Waals surface area contributed by atoms with Crippen molar-refractivity contribution in [1.82, 2.24) is 5.32 Å². The largest absolute Gasteiger partial charge is 0.503 e. The molecule has 0 atom stereocenters. The Morgan fingerprint density at radius 3 is 1.96 bits per heavy atom. The Kier molecular flexibility index (Phi) is 5.82. The number of phenolic OH excluding ortho intramolecular Hbond substituents is 1. The van der Waals surface area contributed by atoms with Gasteiger partial charge >= 0.3 is 11.9 Å². The standard InChI is InChI=1S/C18H20ClNO6/c1-8-13(17(22)25-4)15(14(9(2)20-8)18(23)26-5)10-6-11(19)16(21)12(7-10)24-3/h6-7,15,20-21H,1-5H3. The van der Waals surface area contributed by atoms with Crippen molar-refractivity contribution in [2.24, 2.45) is 0 Å². The van der Waals surface area contributed by atoms with Crippen molar-refractivity contribution in [3.63, 3.8) is 0 Å². The summed E-state index contributed by atoms with van der Waals surface area (Å²) in [6.45, 7) is 3.41. The van der Waals surface area contributed by atoms with Gasteiger partial charge < -0.3 is 24.6 Å². The second-order valence-corrected chi connectivity index (χ2v) is 6.08. The van der Waals surface area contributed by atoms with Crippen molar-refractivity contribution in [1.29, 1.82) is 0 Å². The normalized spacial score (nSPS) is 14.8. The first kappa shape index (κ1) is 19.7. The Labute approximate surface area is 156 Å². The van der Waals surface area contributed by atoms with Gasteiger partial charge in [0.1, 0.15) is 0 Å². The SMILES string of the molecule is COC(=O)C1=C(C)NC(C)=C(C(=O)OC)C1c1cc(Cl)c(O)c(OC)c1. The molecule has 1 heterocycles. The van der Waals surface area contributed by atoms with E-state index in [1.54, 1.807) is 13.8 Å². The van der Waals surface area contributed by atoms with Crippen LogP contribution in [0.4, 0.5) is 0 Å². The van der Waals surface area contributed by atoms with Gasteiger partial charge in [-0.05, 0) is 31.5 Å². The van der Waals surface area contributed by atoms with E-state index in [2.05, 4.69) is 5.32 Å². The number of halogens is 1. The van der Waals surface area contributed by atoms with E-state index in [0.717, 1.165) is 0 Å². The monoisotopic (exact) mass is 381 g/mol. The van der Waals surface area contributed by atoms with Crippen LogP contribution in [0.2, 0.25) is 5.02 Å². The quantitative estimate of drug-likeness (QED) is 0.774. The molecule has 2 N–H and O–H groups in total. The topological polar surface area (TPSA) is 94.1 Å². The van der Waals surface area contributed by atoms with Gasteiger partial charge in [0.15, 0.2) is 11.5 Å². The zero-order valence-electron chi connectivity index (χ0n) is 15.1. The van der Waals surface area contributed by atoms with Crippen molar-refractivity contribution in [3.05, 3.63) is 45.3 Å². The van der Waals surface area contributed by atoms with Gasteiger partial charge in [0.25, 0.3) is 0 Å². The molecule has 8 heteroatoms. The van der Waals surface area contributed by atoms with Crippen LogP contribution >= 0.6 is 11.6 Å². The molecular weight excluding hydrogens is 362 g/mol. The highest BCUT2D eigenvalue weighted by atomic mass is 35.5. The number of phenols is 1. The highest BCUT2D eigenvalue weighted by Gasteiger charge is 2.38. The summed E-state index contributed by atoms with van der Waals surface area (Å²) in [5.74, 6) is -2.11. The fourth-order valence-electron chi connectivity index (χ4n) is 3.00. The molecule has 7 nitrogen and oxygen atoms in total. The lowest BCUT2D eigenvalue weighted by Crippen LogP contribution is -2.32. The number of carbonyl (C=O) groups is 2. The summed E-state index contributed by atoms with van der Waals surface area (Å²) in [6, 6.07) is 2.99. The minimum absolute atomic E-state index is 0.0293. The van der Waals surface area contributed by atoms with E-state index < -0.39 is 17.9 Å². The van der Waals surface area contributed by atoms with Crippen molar-refractivity contribution >= 4 is 23.5 Å². The smallest absolute Gasteiger partial charge is 0.336 e. The molecule has 0 saturated heterocycles. The third kappa shape index (κ3) is 3.35. The third-order valence-corrected chi connectivity index (χ3v) is 4.46. The molecule has 1 aromatic carbocycles. The van der Waals surface area contributed by atoms with E-state index in [1.807, 2.05) is 0 Å². The van der Waals surface area contributed by atoms with Crippen molar-refractivity contribution in [2.45, 2.75) is 19.8 Å². The van der Waals surface area contributed by atoms with E-state index in [4.69, 9.17) is 25.8 Å². The average molecular weight is 382 g/mol. The van der Waals surface area contributed by atoms with Crippen LogP contribution in [0.5, 0.6) is 11.5 Å². The molecule has 1 aliphatic heterocycles. The number of hydrogen-bond acceptors (Lipinski definition) is 7. The molecule has 0 spiro atoms. The minimum Gasteiger partial charge on any atom is -0.503 e. The second-order valence-electron chi connectivity index (χ2n) is 5.67. The maximum atomic E-state index is 12.4. The predicted octanol–water partition coefficient (Wildman–Crippen LogP) is 2.64. The van der Waals surface area contributed by atoms with E-state index in [1.165, 1.54) is 33.5 Å². The molecule has 140 valence electrons. The Bertz CT molecular complexity index is 789. The number of methoxy groups -OCH3 is 3. The van der Waals surface area contributed by atoms with Gasteiger partial charge in [-0.2, -0.15) is 0 Å². The van der Waals surface area contributed by atoms with Crippen LogP contribution in [-0.2, 0) is 19.1 Å². The van der Waals surface area contributed by atoms with Crippen LogP contribution in [0, 0.1) is 0 Å². The molecule has 0 aromatic heterocycles. The lowest BCUT2D eigenvalue weighted by Gasteiger charge is -2.30. The third-order valence-electron chi connectivity index (χ3n) is 4.17. The predicted molar refractivity (Wildman–Crippen MR) is 95.0 cm³/mol. The molecule has 0 aliphatic carbocycles. The molecule has 1 aromatic rings. The molecular formula is C18H20ClNO6. The summed E-state index contributed by atoms with van der Waals surface area (Å²) in [7, 11) is 3.89. The van der Waals surface area contributed by atoms with Crippen LogP contribution in [-0.4, -0.2) is 38.4 Å². The number of rotatable bonds is 4. The maximum absolute atomic E-state index is 12.4. The van der Waals surface area contributed by atoms with Gasteiger partial charge in [0.05, 0.1) is 43.4 Å². The van der Waals surface area contributed by atoms with E-state index in [9.17, 15) is 14.7 Å². The molecule has 1 aliphatic rings. The first-order valence-electron chi connectivity index (χ1n) is 7.68. The highest BCUT2D eigenvalue weighted by molar-refractivity contribution is 6.32. The van der Waals surface area contributed by atoms with Crippen LogP contribution < -0.4 is 10.1 Å². The number of nitrogens with one attached hydrogen (secondary N) is 1. The fraction of sp³-hybridized carbons (Fsp3) is 0.333. The van der Waals surface area contributed by atoms with Crippen molar-refractivity contribution in [3.8, 4) is 11.5 Å². The number of benzene rings is 1. The number of dihydropyridines is 1. The maximum Gasteiger partial charge on any atom is 0.336 e. The van der Waals surface area contributed by atoms with Crippen LogP contribution in [0.3, 0.4) is 0 Å². The summed E-state index contributed by atoms with van der Waals surface area (Å²) in [5, 5.41) is 13.0. The van der Waals surface area contributed by atoms with Gasteiger partial charge in [-0.3, -0.25) is 0 Å². The fourth-order valence-corrected chi connectivity index (χ4v) is 3.22. The van der Waals surface area contributed by atoms with Gasteiger partial charge in [0, 0.05) is 11.4 Å². The first-order chi connectivity index (χ1) is 12.3. The Morgan fingerprint density at radius 1 is 1.04 bits per heavy atom. The Balaban J connectivity index is 2.79. The molecule has 2 rings (SSSR count). The molecule has 0 amide bonds. The van der Waals surface area contributed by atoms with Gasteiger partial charge in [-0.15, -0.1) is 0 Å². The van der Waals surface area contributed by atoms with Crippen molar-refractivity contribution < 1.29 is 28.9 Å². The Hall–Kier alpha value is -2.67. The second kappa shape index (κ2) is 7.70. The number of hydrogen-bond donors (Lipinski definition) is 2. The number of carbonyl (C=O) groups excluding carboxylic acids is 2. The molecule has 0 saturated carbocycles. The zero-order valence-corrected chi connectivity index (χ0v) is 15.9. The number of aromatic hydroxyl groups is 1. The van der Waals surface area contributed by atoms with Gasteiger partial charge in [-0.1, -0.05) is 11.6 Å². The molecule has 0 unspecified atom stereocenters. The molecule has 0 bridgehead atoms. The molecule has 26 heavy (non-hydrogen) atoms. The zero-order chi connectivity index (χ0) is 19.6. The first-order valence-corrected chi connectivity index (χ1v) is 8.06. The van der Waals surface area contributed by atoms with Crippen LogP contribution in [0.15, 0.2) is 34.7 Å². The summed E-state index contributed by atoms with van der Waals surface area (Å²) in [4.78, 5) is 24.8.